The van der Waals surface area contributed by atoms with Gasteiger partial charge in [-0.25, -0.2) is 18.2 Å². The third-order valence-electron chi connectivity index (χ3n) is 11.0. The summed E-state index contributed by atoms with van der Waals surface area (Å²) in [5, 5.41) is 16.3. The number of nitrogens with one attached hydrogen (secondary N) is 3. The highest BCUT2D eigenvalue weighted by molar-refractivity contribution is 7.91. The molecule has 0 bridgehead atoms. The first-order valence-corrected chi connectivity index (χ1v) is 19.1. The Hall–Kier alpha value is -4.60. The van der Waals surface area contributed by atoms with Crippen LogP contribution in [-0.4, -0.2) is 96.5 Å². The molecule has 52 heavy (non-hydrogen) atoms. The molecular formula is C36H47N5O10S. The molecule has 2 aliphatic carbocycles. The highest BCUT2D eigenvalue weighted by Crippen LogP contribution is 2.47. The maximum Gasteiger partial charge on any atom is 0.405 e. The third kappa shape index (κ3) is 7.21. The summed E-state index contributed by atoms with van der Waals surface area (Å²) in [4.78, 5) is 60.2. The quantitative estimate of drug-likeness (QED) is 0.290. The molecule has 2 aromatic rings. The Balaban J connectivity index is 1.35. The number of hydrogen-bond donors (Lipinski definition) is 4. The van der Waals surface area contributed by atoms with Gasteiger partial charge in [0.15, 0.2) is 11.5 Å². The van der Waals surface area contributed by atoms with Gasteiger partial charge >= 0.3 is 6.09 Å². The third-order valence-corrected chi connectivity index (χ3v) is 13.2. The Bertz CT molecular complexity index is 1900. The van der Waals surface area contributed by atoms with Crippen molar-refractivity contribution >= 4 is 44.6 Å². The standard InChI is InChI=1S/C36H47N5O10S/c1-20-8-6-7-9-23-18-36(23,33(44)40-52(47,48)35(3)11-12-35)39-30(42)26-16-24(19-41(26)32(43)29(21(2)14-20)38-34(45)46)51-31-25-17-28(50-5)27(49-4)15-22(25)10-13-37-31/h7,9-10,13,15,17,20-21,23-24,26,29,38H,6,8,11-12,14,16,18-19H2,1-5H3,(H,39,42)(H,40,44)(H,45,46)/t20-,21+,23+,24+,26-,29-,36+/m0/s1. The number of fused-ring (bicyclic) bond motifs is 3. The number of carboxylic acid groups (broad SMARTS) is 1. The van der Waals surface area contributed by atoms with Gasteiger partial charge in [0, 0.05) is 23.9 Å². The Morgan fingerprint density at radius 3 is 2.48 bits per heavy atom. The summed E-state index contributed by atoms with van der Waals surface area (Å²) in [6.45, 7) is 5.32. The van der Waals surface area contributed by atoms with E-state index in [0.29, 0.717) is 42.6 Å². The number of methoxy groups -OCH3 is 2. The zero-order valence-corrected chi connectivity index (χ0v) is 30.8. The molecule has 3 fully saturated rings. The number of hydrogen-bond acceptors (Lipinski definition) is 10. The predicted octanol–water partition coefficient (Wildman–Crippen LogP) is 3.12. The Kier molecular flexibility index (Phi) is 10.1. The van der Waals surface area contributed by atoms with E-state index in [9.17, 15) is 32.7 Å². The number of ether oxygens (including phenoxy) is 3. The zero-order valence-electron chi connectivity index (χ0n) is 30.0. The second-order valence-electron chi connectivity index (χ2n) is 14.9. The van der Waals surface area contributed by atoms with E-state index in [1.807, 2.05) is 19.1 Å². The number of sulfonamides is 1. The molecule has 0 radical (unpaired) electrons. The first-order valence-electron chi connectivity index (χ1n) is 17.6. The van der Waals surface area contributed by atoms with Crippen LogP contribution in [0.25, 0.3) is 10.8 Å². The molecule has 4 amide bonds. The van der Waals surface area contributed by atoms with Crippen LogP contribution in [0.4, 0.5) is 4.79 Å². The SMILES string of the molecule is COc1cc2ccnc(O[C@@H]3C[C@H]4C(=O)N[C@]5(C(=O)NS(=O)(=O)C6(C)CC6)C[C@H]5C=CCC[C@H](C)C[C@@H](C)[C@H](NC(=O)O)C(=O)N4C3)c2cc1OC. The molecule has 6 rings (SSSR count). The van der Waals surface area contributed by atoms with Crippen LogP contribution in [0.3, 0.4) is 0 Å². The summed E-state index contributed by atoms with van der Waals surface area (Å²) in [6, 6.07) is 2.92. The Labute approximate surface area is 302 Å². The van der Waals surface area contributed by atoms with E-state index < -0.39 is 74.1 Å². The molecule has 1 aromatic heterocycles. The minimum atomic E-state index is -4.01. The molecule has 1 saturated heterocycles. The lowest BCUT2D eigenvalue weighted by Gasteiger charge is -2.32. The van der Waals surface area contributed by atoms with E-state index in [1.165, 1.54) is 19.1 Å². The van der Waals surface area contributed by atoms with Gasteiger partial charge in [0.1, 0.15) is 23.7 Å². The van der Waals surface area contributed by atoms with E-state index in [2.05, 4.69) is 20.3 Å². The molecule has 282 valence electrons. The minimum Gasteiger partial charge on any atom is -0.493 e. The molecule has 7 atom stereocenters. The van der Waals surface area contributed by atoms with Crippen LogP contribution in [-0.2, 0) is 24.4 Å². The first kappa shape index (κ1) is 37.2. The van der Waals surface area contributed by atoms with Crippen LogP contribution in [0.1, 0.15) is 65.7 Å². The van der Waals surface area contributed by atoms with Gasteiger partial charge in [-0.1, -0.05) is 26.0 Å². The molecule has 15 nitrogen and oxygen atoms in total. The smallest absolute Gasteiger partial charge is 0.405 e. The van der Waals surface area contributed by atoms with Crippen molar-refractivity contribution in [3.05, 3.63) is 36.5 Å². The molecule has 4 N–H and O–H groups in total. The maximum absolute atomic E-state index is 14.4. The monoisotopic (exact) mass is 741 g/mol. The number of carbonyl (C=O) groups excluding carboxylic acids is 3. The molecule has 0 unspecified atom stereocenters. The number of amides is 4. The average molecular weight is 742 g/mol. The lowest BCUT2D eigenvalue weighted by Crippen LogP contribution is -2.59. The number of pyridine rings is 1. The van der Waals surface area contributed by atoms with Crippen molar-refractivity contribution in [3.63, 3.8) is 0 Å². The van der Waals surface area contributed by atoms with Gasteiger partial charge in [-0.15, -0.1) is 0 Å². The van der Waals surface area contributed by atoms with Gasteiger partial charge in [0.25, 0.3) is 5.91 Å². The lowest BCUT2D eigenvalue weighted by molar-refractivity contribution is -0.142. The van der Waals surface area contributed by atoms with Crippen molar-refractivity contribution in [3.8, 4) is 17.4 Å². The number of rotatable bonds is 8. The van der Waals surface area contributed by atoms with Gasteiger partial charge in [0.2, 0.25) is 27.7 Å². The zero-order chi connectivity index (χ0) is 37.6. The number of benzene rings is 1. The van der Waals surface area contributed by atoms with E-state index >= 15 is 0 Å². The highest BCUT2D eigenvalue weighted by Gasteiger charge is 2.63. The first-order chi connectivity index (χ1) is 24.6. The highest BCUT2D eigenvalue weighted by atomic mass is 32.2. The summed E-state index contributed by atoms with van der Waals surface area (Å²) in [5.41, 5.74) is -1.55. The van der Waals surface area contributed by atoms with Crippen molar-refractivity contribution in [1.82, 2.24) is 25.2 Å². The molecular weight excluding hydrogens is 694 g/mol. The molecule has 2 aliphatic heterocycles. The minimum absolute atomic E-state index is 0.0118. The van der Waals surface area contributed by atoms with Crippen LogP contribution < -0.4 is 29.6 Å². The van der Waals surface area contributed by atoms with Crippen LogP contribution in [0.5, 0.6) is 17.4 Å². The average Bonchev–Trinajstić information content (AvgIpc) is 3.98. The van der Waals surface area contributed by atoms with Gasteiger partial charge in [-0.2, -0.15) is 0 Å². The van der Waals surface area contributed by atoms with Crippen molar-refractivity contribution in [1.29, 1.82) is 0 Å². The largest absolute Gasteiger partial charge is 0.493 e. The number of carbonyl (C=O) groups is 4. The molecule has 1 aromatic carbocycles. The van der Waals surface area contributed by atoms with Gasteiger partial charge in [0.05, 0.1) is 25.5 Å². The number of aromatic nitrogens is 1. The Morgan fingerprint density at radius 1 is 1.10 bits per heavy atom. The summed E-state index contributed by atoms with van der Waals surface area (Å²) in [5.74, 6) is -1.70. The fourth-order valence-corrected chi connectivity index (χ4v) is 8.77. The number of allylic oxidation sites excluding steroid dienone is 1. The van der Waals surface area contributed by atoms with Crippen molar-refractivity contribution < 1.29 is 46.9 Å². The fourth-order valence-electron chi connectivity index (χ4n) is 7.45. The topological polar surface area (TPSA) is 203 Å². The Morgan fingerprint density at radius 2 is 1.81 bits per heavy atom. The van der Waals surface area contributed by atoms with Crippen molar-refractivity contribution in [2.24, 2.45) is 17.8 Å². The summed E-state index contributed by atoms with van der Waals surface area (Å²) >= 11 is 0. The second-order valence-corrected chi connectivity index (χ2v) is 17.1. The summed E-state index contributed by atoms with van der Waals surface area (Å²) < 4.78 is 44.7. The number of nitrogens with zero attached hydrogens (tertiary/aromatic N) is 2. The van der Waals surface area contributed by atoms with Crippen LogP contribution in [0.2, 0.25) is 0 Å². The van der Waals surface area contributed by atoms with E-state index in [1.54, 1.807) is 38.2 Å². The fraction of sp³-hybridized carbons (Fsp3) is 0.583. The van der Waals surface area contributed by atoms with E-state index in [-0.39, 0.29) is 31.2 Å². The van der Waals surface area contributed by atoms with Crippen molar-refractivity contribution in [2.75, 3.05) is 20.8 Å². The van der Waals surface area contributed by atoms with E-state index in [4.69, 9.17) is 14.2 Å². The molecule has 3 heterocycles. The predicted molar refractivity (Wildman–Crippen MR) is 189 cm³/mol. The molecule has 16 heteroatoms. The molecule has 4 aliphatic rings. The van der Waals surface area contributed by atoms with Crippen LogP contribution >= 0.6 is 0 Å². The summed E-state index contributed by atoms with van der Waals surface area (Å²) in [7, 11) is -0.976. The van der Waals surface area contributed by atoms with Crippen molar-refractivity contribution in [2.45, 2.75) is 94.2 Å². The van der Waals surface area contributed by atoms with Gasteiger partial charge < -0.3 is 34.9 Å². The maximum atomic E-state index is 14.4. The van der Waals surface area contributed by atoms with Crippen LogP contribution in [0.15, 0.2) is 36.5 Å². The van der Waals surface area contributed by atoms with Crippen LogP contribution in [0, 0.1) is 17.8 Å². The normalized spacial score (nSPS) is 30.1. The molecule has 0 spiro atoms. The van der Waals surface area contributed by atoms with Gasteiger partial charge in [-0.05, 0) is 80.9 Å². The lowest BCUT2D eigenvalue weighted by atomic mass is 9.88. The summed E-state index contributed by atoms with van der Waals surface area (Å²) in [6.07, 6.45) is 6.11. The van der Waals surface area contributed by atoms with E-state index in [0.717, 1.165) is 11.8 Å². The second kappa shape index (κ2) is 14.1. The molecule has 2 saturated carbocycles. The van der Waals surface area contributed by atoms with Gasteiger partial charge in [-0.3, -0.25) is 19.1 Å².